The summed E-state index contributed by atoms with van der Waals surface area (Å²) in [7, 11) is 1.33. The Morgan fingerprint density at radius 2 is 1.88 bits per heavy atom. The molecule has 0 aliphatic carbocycles. The van der Waals surface area contributed by atoms with Gasteiger partial charge in [-0.15, -0.1) is 0 Å². The molecule has 0 fully saturated rings. The number of methoxy groups -OCH3 is 1. The highest BCUT2D eigenvalue weighted by Crippen LogP contribution is 2.00. The molecule has 88 valence electrons. The van der Waals surface area contributed by atoms with Crippen LogP contribution in [0.15, 0.2) is 42.5 Å². The van der Waals surface area contributed by atoms with Crippen LogP contribution in [-0.2, 0) is 16.0 Å². The first kappa shape index (κ1) is 14.4. The second-order valence-corrected chi connectivity index (χ2v) is 3.51. The summed E-state index contributed by atoms with van der Waals surface area (Å²) in [6, 6.07) is 10.6. The topological polar surface area (TPSA) is 26.3 Å². The normalized spacial score (nSPS) is 8.69. The van der Waals surface area contributed by atoms with Crippen LogP contribution >= 0.6 is 0 Å². The summed E-state index contributed by atoms with van der Waals surface area (Å²) in [6.45, 7) is 7.16. The summed E-state index contributed by atoms with van der Waals surface area (Å²) in [5, 5.41) is 0. The molecule has 0 aliphatic rings. The first-order valence-electron chi connectivity index (χ1n) is 5.39. The summed E-state index contributed by atoms with van der Waals surface area (Å²) in [5.41, 5.74) is 1.88. The molecule has 2 heteroatoms. The Balaban J connectivity index is 0.000000293. The van der Waals surface area contributed by atoms with Gasteiger partial charge in [-0.2, -0.15) is 0 Å². The molecule has 16 heavy (non-hydrogen) atoms. The number of aryl methyl sites for hydroxylation is 1. The summed E-state index contributed by atoms with van der Waals surface area (Å²) in [5.74, 6) is -0.347. The number of ether oxygens (including phenoxy) is 1. The molecule has 0 saturated heterocycles. The molecule has 2 nitrogen and oxygen atoms in total. The lowest BCUT2D eigenvalue weighted by Crippen LogP contribution is -1.98. The third-order valence-electron chi connectivity index (χ3n) is 1.92. The molecule has 0 unspecified atom stereocenters. The van der Waals surface area contributed by atoms with Crippen LogP contribution in [0.4, 0.5) is 0 Å². The van der Waals surface area contributed by atoms with Gasteiger partial charge in [0, 0.05) is 5.57 Å². The minimum absolute atomic E-state index is 0.347. The number of hydrogen-bond donors (Lipinski definition) is 0. The molecule has 0 spiro atoms. The Morgan fingerprint density at radius 3 is 2.19 bits per heavy atom. The Labute approximate surface area is 97.9 Å². The van der Waals surface area contributed by atoms with Gasteiger partial charge in [-0.3, -0.25) is 0 Å². The van der Waals surface area contributed by atoms with Gasteiger partial charge in [0.15, 0.2) is 0 Å². The van der Waals surface area contributed by atoms with Crippen molar-refractivity contribution in [3.8, 4) is 0 Å². The zero-order chi connectivity index (χ0) is 12.4. The molecule has 0 amide bonds. The van der Waals surface area contributed by atoms with E-state index in [2.05, 4.69) is 48.6 Å². The van der Waals surface area contributed by atoms with Crippen LogP contribution in [0, 0.1) is 0 Å². The molecule has 0 atom stereocenters. The van der Waals surface area contributed by atoms with Crippen molar-refractivity contribution in [2.24, 2.45) is 0 Å². The maximum absolute atomic E-state index is 10.2. The molecule has 0 aromatic heterocycles. The number of carbonyl (C=O) groups is 1. The molecule has 0 saturated carbocycles. The van der Waals surface area contributed by atoms with Gasteiger partial charge in [0.05, 0.1) is 7.11 Å². The van der Waals surface area contributed by atoms with Crippen molar-refractivity contribution in [2.45, 2.75) is 26.7 Å². The highest BCUT2D eigenvalue weighted by Gasteiger charge is 1.95. The van der Waals surface area contributed by atoms with Gasteiger partial charge >= 0.3 is 5.97 Å². The van der Waals surface area contributed by atoms with Crippen LogP contribution in [-0.4, -0.2) is 13.1 Å². The Kier molecular flexibility index (Phi) is 7.86. The lowest BCUT2D eigenvalue weighted by Gasteiger charge is -1.93. The van der Waals surface area contributed by atoms with Gasteiger partial charge in [0.2, 0.25) is 0 Å². The molecule has 0 aliphatic heterocycles. The predicted molar refractivity (Wildman–Crippen MR) is 67.3 cm³/mol. The van der Waals surface area contributed by atoms with E-state index in [-0.39, 0.29) is 5.97 Å². The molecule has 0 bridgehead atoms. The largest absolute Gasteiger partial charge is 0.466 e. The van der Waals surface area contributed by atoms with Crippen molar-refractivity contribution < 1.29 is 9.53 Å². The van der Waals surface area contributed by atoms with Gasteiger partial charge in [-0.05, 0) is 18.9 Å². The molecule has 0 radical (unpaired) electrons. The minimum Gasteiger partial charge on any atom is -0.466 e. The predicted octanol–water partition coefficient (Wildman–Crippen LogP) is 3.37. The number of rotatable bonds is 3. The summed E-state index contributed by atoms with van der Waals surface area (Å²) in [4.78, 5) is 10.2. The van der Waals surface area contributed by atoms with Crippen LogP contribution in [0.2, 0.25) is 0 Å². The third kappa shape index (κ3) is 6.82. The van der Waals surface area contributed by atoms with Crippen LogP contribution < -0.4 is 0 Å². The third-order valence-corrected chi connectivity index (χ3v) is 1.92. The lowest BCUT2D eigenvalue weighted by molar-refractivity contribution is -0.136. The van der Waals surface area contributed by atoms with Crippen LogP contribution in [0.3, 0.4) is 0 Å². The quantitative estimate of drug-likeness (QED) is 0.576. The van der Waals surface area contributed by atoms with E-state index in [4.69, 9.17) is 0 Å². The fourth-order valence-electron chi connectivity index (χ4n) is 1.11. The van der Waals surface area contributed by atoms with E-state index in [1.54, 1.807) is 6.92 Å². The highest BCUT2D eigenvalue weighted by atomic mass is 16.5. The van der Waals surface area contributed by atoms with Gasteiger partial charge in [-0.25, -0.2) is 4.79 Å². The van der Waals surface area contributed by atoms with E-state index < -0.39 is 0 Å². The van der Waals surface area contributed by atoms with Crippen molar-refractivity contribution in [3.63, 3.8) is 0 Å². The summed E-state index contributed by atoms with van der Waals surface area (Å²) >= 11 is 0. The Bertz CT molecular complexity index is 315. The zero-order valence-corrected chi connectivity index (χ0v) is 10.3. The van der Waals surface area contributed by atoms with Gasteiger partial charge < -0.3 is 4.74 Å². The molecule has 1 aromatic carbocycles. The van der Waals surface area contributed by atoms with Gasteiger partial charge in [0.25, 0.3) is 0 Å². The second-order valence-electron chi connectivity index (χ2n) is 3.51. The summed E-state index contributed by atoms with van der Waals surface area (Å²) in [6.07, 6.45) is 2.45. The summed E-state index contributed by atoms with van der Waals surface area (Å²) < 4.78 is 4.27. The second kappa shape index (κ2) is 8.72. The highest BCUT2D eigenvalue weighted by molar-refractivity contribution is 5.86. The van der Waals surface area contributed by atoms with Crippen LogP contribution in [0.1, 0.15) is 25.8 Å². The Morgan fingerprint density at radius 1 is 1.31 bits per heavy atom. The Hall–Kier alpha value is -1.57. The zero-order valence-electron chi connectivity index (χ0n) is 10.3. The van der Waals surface area contributed by atoms with Crippen molar-refractivity contribution in [3.05, 3.63) is 48.0 Å². The lowest BCUT2D eigenvalue weighted by atomic mass is 10.1. The van der Waals surface area contributed by atoms with Crippen molar-refractivity contribution in [2.75, 3.05) is 7.11 Å². The standard InChI is InChI=1S/C9H12.C5H8O2/c1-2-6-9-7-4-3-5-8-9;1-4(2)5(6)7-3/h3-5,7-8H,2,6H2,1H3;1H2,2-3H3. The van der Waals surface area contributed by atoms with E-state index in [1.165, 1.54) is 25.5 Å². The van der Waals surface area contributed by atoms with E-state index in [0.29, 0.717) is 5.57 Å². The van der Waals surface area contributed by atoms with Gasteiger partial charge in [-0.1, -0.05) is 50.3 Å². The van der Waals surface area contributed by atoms with E-state index in [9.17, 15) is 4.79 Å². The van der Waals surface area contributed by atoms with E-state index >= 15 is 0 Å². The SMILES string of the molecule is C=C(C)C(=O)OC.CCCc1ccccc1. The average molecular weight is 220 g/mol. The molecule has 1 rings (SSSR count). The van der Waals surface area contributed by atoms with E-state index in [1.807, 2.05) is 0 Å². The number of carbonyl (C=O) groups excluding carboxylic acids is 1. The number of benzene rings is 1. The van der Waals surface area contributed by atoms with Crippen LogP contribution in [0.25, 0.3) is 0 Å². The molecule has 0 heterocycles. The maximum Gasteiger partial charge on any atom is 0.332 e. The first-order chi connectivity index (χ1) is 7.61. The molecular weight excluding hydrogens is 200 g/mol. The number of esters is 1. The fraction of sp³-hybridized carbons (Fsp3) is 0.357. The molecule has 0 N–H and O–H groups in total. The van der Waals surface area contributed by atoms with Crippen molar-refractivity contribution >= 4 is 5.97 Å². The fourth-order valence-corrected chi connectivity index (χ4v) is 1.11. The van der Waals surface area contributed by atoms with Gasteiger partial charge in [0.1, 0.15) is 0 Å². The van der Waals surface area contributed by atoms with Crippen LogP contribution in [0.5, 0.6) is 0 Å². The number of hydrogen-bond acceptors (Lipinski definition) is 2. The molecular formula is C14H20O2. The van der Waals surface area contributed by atoms with Crippen molar-refractivity contribution in [1.82, 2.24) is 0 Å². The minimum atomic E-state index is -0.347. The smallest absolute Gasteiger partial charge is 0.332 e. The molecule has 1 aromatic rings. The monoisotopic (exact) mass is 220 g/mol. The van der Waals surface area contributed by atoms with Crippen molar-refractivity contribution in [1.29, 1.82) is 0 Å². The average Bonchev–Trinajstić information content (AvgIpc) is 2.30. The van der Waals surface area contributed by atoms with E-state index in [0.717, 1.165) is 0 Å². The first-order valence-corrected chi connectivity index (χ1v) is 5.39. The maximum atomic E-state index is 10.2.